The molecular weight excluding hydrogens is 288 g/mol. The molecule has 23 heavy (non-hydrogen) atoms. The predicted molar refractivity (Wildman–Crippen MR) is 93.4 cm³/mol. The Bertz CT molecular complexity index is 593. The predicted octanol–water partition coefficient (Wildman–Crippen LogP) is 3.55. The van der Waals surface area contributed by atoms with E-state index >= 15 is 0 Å². The Labute approximate surface area is 138 Å². The normalized spacial score (nSPS) is 16.9. The van der Waals surface area contributed by atoms with Crippen LogP contribution in [0.15, 0.2) is 42.1 Å². The van der Waals surface area contributed by atoms with Gasteiger partial charge in [-0.1, -0.05) is 49.3 Å². The fourth-order valence-electron chi connectivity index (χ4n) is 2.74. The van der Waals surface area contributed by atoms with Crippen LogP contribution in [0.5, 0.6) is 0 Å². The van der Waals surface area contributed by atoms with Gasteiger partial charge in [0.2, 0.25) is 5.91 Å². The maximum Gasteiger partial charge on any atom is 0.223 e. The zero-order chi connectivity index (χ0) is 16.8. The maximum absolute atomic E-state index is 12.3. The molecule has 0 saturated carbocycles. The van der Waals surface area contributed by atoms with Gasteiger partial charge in [0.25, 0.3) is 0 Å². The topological polar surface area (TPSA) is 41.9 Å². The van der Waals surface area contributed by atoms with Gasteiger partial charge in [0.05, 0.1) is 12.3 Å². The molecule has 0 aliphatic carbocycles. The fraction of sp³-hybridized carbons (Fsp3) is 0.474. The van der Waals surface area contributed by atoms with Crippen molar-refractivity contribution in [1.29, 1.82) is 0 Å². The fourth-order valence-corrected chi connectivity index (χ4v) is 2.74. The molecule has 2 rings (SSSR count). The summed E-state index contributed by atoms with van der Waals surface area (Å²) in [5.74, 6) is 0.492. The third-order valence-corrected chi connectivity index (χ3v) is 3.90. The minimum Gasteiger partial charge on any atom is -0.390 e. The number of hydrogen-bond acceptors (Lipinski definition) is 3. The Morgan fingerprint density at radius 3 is 2.87 bits per heavy atom. The van der Waals surface area contributed by atoms with Crippen LogP contribution in [-0.4, -0.2) is 35.7 Å². The van der Waals surface area contributed by atoms with E-state index in [0.717, 1.165) is 17.7 Å². The second kappa shape index (κ2) is 7.95. The van der Waals surface area contributed by atoms with E-state index in [0.29, 0.717) is 25.4 Å². The summed E-state index contributed by atoms with van der Waals surface area (Å²) in [7, 11) is 0. The van der Waals surface area contributed by atoms with Crippen LogP contribution in [0.1, 0.15) is 37.8 Å². The number of carbonyl (C=O) groups is 1. The van der Waals surface area contributed by atoms with Crippen LogP contribution in [-0.2, 0) is 9.63 Å². The summed E-state index contributed by atoms with van der Waals surface area (Å²) in [6, 6.07) is 8.16. The van der Waals surface area contributed by atoms with E-state index in [9.17, 15) is 4.79 Å². The van der Waals surface area contributed by atoms with E-state index in [1.54, 1.807) is 6.08 Å². The highest BCUT2D eigenvalue weighted by Crippen LogP contribution is 2.20. The molecular formula is C19H26N2O2. The highest BCUT2D eigenvalue weighted by atomic mass is 16.6. The molecule has 1 heterocycles. The number of benzene rings is 1. The van der Waals surface area contributed by atoms with Gasteiger partial charge in [-0.2, -0.15) is 0 Å². The third kappa shape index (κ3) is 4.68. The number of hydrogen-bond donors (Lipinski definition) is 0. The number of oxime groups is 1. The van der Waals surface area contributed by atoms with Crippen molar-refractivity contribution in [3.63, 3.8) is 0 Å². The number of aryl methyl sites for hydroxylation is 1. The molecule has 1 aromatic carbocycles. The van der Waals surface area contributed by atoms with Crippen molar-refractivity contribution in [2.45, 2.75) is 39.7 Å². The molecule has 1 atom stereocenters. The standard InChI is InChI=1S/C19H26N2O2/c1-5-10-21(19(22)11-14(2)3)13-16-12-18(20-23-16)17-9-7-6-8-15(17)4/h5-9,14,16H,1,10-13H2,2-4H3/t16-/m1/s1. The van der Waals surface area contributed by atoms with Gasteiger partial charge in [0.1, 0.15) is 0 Å². The number of carbonyl (C=O) groups excluding carboxylic acids is 1. The van der Waals surface area contributed by atoms with Crippen LogP contribution in [0, 0.1) is 12.8 Å². The van der Waals surface area contributed by atoms with E-state index in [-0.39, 0.29) is 12.0 Å². The number of rotatable bonds is 7. The molecule has 4 heteroatoms. The molecule has 1 aliphatic rings. The summed E-state index contributed by atoms with van der Waals surface area (Å²) >= 11 is 0. The van der Waals surface area contributed by atoms with Crippen LogP contribution < -0.4 is 0 Å². The second-order valence-corrected chi connectivity index (χ2v) is 6.47. The molecule has 0 aromatic heterocycles. The van der Waals surface area contributed by atoms with E-state index in [1.807, 2.05) is 17.0 Å². The minimum atomic E-state index is -0.0827. The van der Waals surface area contributed by atoms with Crippen LogP contribution in [0.25, 0.3) is 0 Å². The molecule has 4 nitrogen and oxygen atoms in total. The highest BCUT2D eigenvalue weighted by Gasteiger charge is 2.26. The first-order valence-corrected chi connectivity index (χ1v) is 8.18. The summed E-state index contributed by atoms with van der Waals surface area (Å²) in [5, 5.41) is 4.23. The summed E-state index contributed by atoms with van der Waals surface area (Å²) in [6.07, 6.45) is 2.95. The average Bonchev–Trinajstić information content (AvgIpc) is 2.95. The van der Waals surface area contributed by atoms with Crippen molar-refractivity contribution in [3.05, 3.63) is 48.0 Å². The second-order valence-electron chi connectivity index (χ2n) is 6.47. The molecule has 0 unspecified atom stereocenters. The lowest BCUT2D eigenvalue weighted by molar-refractivity contribution is -0.133. The molecule has 124 valence electrons. The minimum absolute atomic E-state index is 0.0827. The first kappa shape index (κ1) is 17.3. The Hall–Kier alpha value is -2.10. The molecule has 0 N–H and O–H groups in total. The molecule has 0 fully saturated rings. The van der Waals surface area contributed by atoms with Crippen LogP contribution in [0.2, 0.25) is 0 Å². The molecule has 1 aromatic rings. The monoisotopic (exact) mass is 314 g/mol. The Morgan fingerprint density at radius 2 is 2.22 bits per heavy atom. The first-order valence-electron chi connectivity index (χ1n) is 8.18. The van der Waals surface area contributed by atoms with Gasteiger partial charge in [-0.3, -0.25) is 4.79 Å². The largest absolute Gasteiger partial charge is 0.390 e. The van der Waals surface area contributed by atoms with E-state index < -0.39 is 0 Å². The van der Waals surface area contributed by atoms with Crippen molar-refractivity contribution in [2.24, 2.45) is 11.1 Å². The lowest BCUT2D eigenvalue weighted by Gasteiger charge is -2.24. The van der Waals surface area contributed by atoms with Gasteiger partial charge in [0.15, 0.2) is 6.10 Å². The Morgan fingerprint density at radius 1 is 1.48 bits per heavy atom. The van der Waals surface area contributed by atoms with Gasteiger partial charge in [-0.25, -0.2) is 0 Å². The van der Waals surface area contributed by atoms with Crippen molar-refractivity contribution in [1.82, 2.24) is 4.90 Å². The number of nitrogens with zero attached hydrogens (tertiary/aromatic N) is 2. The zero-order valence-electron chi connectivity index (χ0n) is 14.3. The van der Waals surface area contributed by atoms with Gasteiger partial charge >= 0.3 is 0 Å². The van der Waals surface area contributed by atoms with Crippen molar-refractivity contribution in [3.8, 4) is 0 Å². The van der Waals surface area contributed by atoms with Crippen LogP contribution in [0.3, 0.4) is 0 Å². The summed E-state index contributed by atoms with van der Waals surface area (Å²) in [6.45, 7) is 11.0. The van der Waals surface area contributed by atoms with Crippen molar-refractivity contribution < 1.29 is 9.63 Å². The molecule has 0 bridgehead atoms. The Balaban J connectivity index is 1.97. The van der Waals surface area contributed by atoms with E-state index in [4.69, 9.17) is 4.84 Å². The smallest absolute Gasteiger partial charge is 0.223 e. The molecule has 0 spiro atoms. The molecule has 0 radical (unpaired) electrons. The lowest BCUT2D eigenvalue weighted by Crippen LogP contribution is -2.38. The van der Waals surface area contributed by atoms with Crippen molar-refractivity contribution >= 4 is 11.6 Å². The van der Waals surface area contributed by atoms with Crippen molar-refractivity contribution in [2.75, 3.05) is 13.1 Å². The third-order valence-electron chi connectivity index (χ3n) is 3.90. The lowest BCUT2D eigenvalue weighted by atomic mass is 10.00. The summed E-state index contributed by atoms with van der Waals surface area (Å²) in [4.78, 5) is 19.7. The van der Waals surface area contributed by atoms with Gasteiger partial charge in [-0.15, -0.1) is 6.58 Å². The van der Waals surface area contributed by atoms with Gasteiger partial charge < -0.3 is 9.74 Å². The average molecular weight is 314 g/mol. The summed E-state index contributed by atoms with van der Waals surface area (Å²) < 4.78 is 0. The highest BCUT2D eigenvalue weighted by molar-refractivity contribution is 6.02. The van der Waals surface area contributed by atoms with Crippen LogP contribution >= 0.6 is 0 Å². The quantitative estimate of drug-likeness (QED) is 0.722. The van der Waals surface area contributed by atoms with Crippen LogP contribution in [0.4, 0.5) is 0 Å². The maximum atomic E-state index is 12.3. The molecule has 1 aliphatic heterocycles. The zero-order valence-corrected chi connectivity index (χ0v) is 14.3. The molecule has 1 amide bonds. The SMILES string of the molecule is C=CCN(C[C@H]1CC(c2ccccc2C)=NO1)C(=O)CC(C)C. The van der Waals surface area contributed by atoms with E-state index in [1.165, 1.54) is 5.56 Å². The molecule has 0 saturated heterocycles. The summed E-state index contributed by atoms with van der Waals surface area (Å²) in [5.41, 5.74) is 3.27. The number of amides is 1. The van der Waals surface area contributed by atoms with E-state index in [2.05, 4.69) is 44.6 Å². The van der Waals surface area contributed by atoms with Gasteiger partial charge in [-0.05, 0) is 18.4 Å². The first-order chi connectivity index (χ1) is 11.0. The Kier molecular flexibility index (Phi) is 5.97. The van der Waals surface area contributed by atoms with Gasteiger partial charge in [0, 0.05) is 24.9 Å².